The second kappa shape index (κ2) is 6.87. The van der Waals surface area contributed by atoms with Crippen molar-refractivity contribution >= 4 is 10.0 Å². The van der Waals surface area contributed by atoms with Gasteiger partial charge in [0.1, 0.15) is 0 Å². The van der Waals surface area contributed by atoms with Crippen LogP contribution in [0.2, 0.25) is 0 Å². The van der Waals surface area contributed by atoms with E-state index in [1.807, 2.05) is 31.2 Å². The van der Waals surface area contributed by atoms with E-state index in [9.17, 15) is 8.42 Å². The highest BCUT2D eigenvalue weighted by Gasteiger charge is 2.17. The van der Waals surface area contributed by atoms with Crippen molar-refractivity contribution in [3.63, 3.8) is 0 Å². The summed E-state index contributed by atoms with van der Waals surface area (Å²) in [7, 11) is -1.63. The number of sulfonamides is 1. The zero-order chi connectivity index (χ0) is 13.6. The first-order valence-corrected chi connectivity index (χ1v) is 7.67. The van der Waals surface area contributed by atoms with Gasteiger partial charge in [0.25, 0.3) is 0 Å². The Kier molecular flexibility index (Phi) is 5.78. The number of hydrogen-bond acceptors (Lipinski definition) is 3. The average Bonchev–Trinajstić information content (AvgIpc) is 2.29. The van der Waals surface area contributed by atoms with Crippen LogP contribution < -0.4 is 0 Å². The summed E-state index contributed by atoms with van der Waals surface area (Å²) in [6.07, 6.45) is 1.02. The predicted octanol–water partition coefficient (Wildman–Crippen LogP) is 1.53. The molecule has 102 valence electrons. The molecule has 4 nitrogen and oxygen atoms in total. The molecule has 0 radical (unpaired) electrons. The van der Waals surface area contributed by atoms with Gasteiger partial charge < -0.3 is 5.11 Å². The fourth-order valence-electron chi connectivity index (χ4n) is 1.72. The maximum atomic E-state index is 11.9. The number of benzene rings is 1. The summed E-state index contributed by atoms with van der Waals surface area (Å²) < 4.78 is 25.3. The second-order valence-corrected chi connectivity index (χ2v) is 6.69. The van der Waals surface area contributed by atoms with Crippen molar-refractivity contribution in [2.75, 3.05) is 19.4 Å². The summed E-state index contributed by atoms with van der Waals surface area (Å²) in [4.78, 5) is 0. The van der Waals surface area contributed by atoms with Gasteiger partial charge in [0, 0.05) is 20.2 Å². The Hall–Kier alpha value is -0.910. The molecule has 1 aromatic carbocycles. The lowest BCUT2D eigenvalue weighted by Gasteiger charge is -2.17. The largest absolute Gasteiger partial charge is 0.396 e. The topological polar surface area (TPSA) is 57.6 Å². The van der Waals surface area contributed by atoms with Gasteiger partial charge in [-0.15, -0.1) is 0 Å². The molecule has 0 aliphatic heterocycles. The minimum Gasteiger partial charge on any atom is -0.396 e. The summed E-state index contributed by atoms with van der Waals surface area (Å²) in [5, 5.41) is 8.66. The summed E-state index contributed by atoms with van der Waals surface area (Å²) >= 11 is 0. The van der Waals surface area contributed by atoms with E-state index < -0.39 is 10.0 Å². The number of aryl methyl sites for hydroxylation is 1. The number of rotatable bonds is 7. The zero-order valence-corrected chi connectivity index (χ0v) is 11.8. The van der Waals surface area contributed by atoms with E-state index in [0.717, 1.165) is 11.1 Å². The fraction of sp³-hybridized carbons (Fsp3) is 0.538. The third-order valence-corrected chi connectivity index (χ3v) is 4.66. The predicted molar refractivity (Wildman–Crippen MR) is 72.8 cm³/mol. The molecule has 5 heteroatoms. The molecule has 0 unspecified atom stereocenters. The van der Waals surface area contributed by atoms with Gasteiger partial charge in [0.05, 0.1) is 5.75 Å². The number of hydrogen-bond donors (Lipinski definition) is 1. The van der Waals surface area contributed by atoms with E-state index in [1.165, 1.54) is 4.31 Å². The molecular formula is C13H21NO3S. The second-order valence-electron chi connectivity index (χ2n) is 4.49. The van der Waals surface area contributed by atoms with Crippen molar-refractivity contribution in [3.05, 3.63) is 35.4 Å². The molecule has 0 fully saturated rings. The first-order chi connectivity index (χ1) is 8.45. The van der Waals surface area contributed by atoms with Crippen molar-refractivity contribution in [3.8, 4) is 0 Å². The molecule has 1 aromatic rings. The highest BCUT2D eigenvalue weighted by atomic mass is 32.2. The molecule has 0 heterocycles. The van der Waals surface area contributed by atoms with Crippen LogP contribution >= 0.6 is 0 Å². The van der Waals surface area contributed by atoms with Gasteiger partial charge in [-0.1, -0.05) is 29.8 Å². The Morgan fingerprint density at radius 3 is 2.61 bits per heavy atom. The lowest BCUT2D eigenvalue weighted by atomic mass is 10.1. The third kappa shape index (κ3) is 4.76. The summed E-state index contributed by atoms with van der Waals surface area (Å²) in [5.74, 6) is 0.0931. The van der Waals surface area contributed by atoms with E-state index >= 15 is 0 Å². The Balaban J connectivity index is 2.61. The summed E-state index contributed by atoms with van der Waals surface area (Å²) in [6.45, 7) is 2.42. The highest BCUT2D eigenvalue weighted by molar-refractivity contribution is 7.89. The third-order valence-electron chi connectivity index (χ3n) is 2.77. The first kappa shape index (κ1) is 15.1. The van der Waals surface area contributed by atoms with Crippen LogP contribution in [0.4, 0.5) is 0 Å². The molecule has 0 aliphatic rings. The van der Waals surface area contributed by atoms with Crippen molar-refractivity contribution in [2.24, 2.45) is 0 Å². The van der Waals surface area contributed by atoms with Gasteiger partial charge in [0.2, 0.25) is 10.0 Å². The molecule has 0 aliphatic carbocycles. The Morgan fingerprint density at radius 2 is 2.00 bits per heavy atom. The van der Waals surface area contributed by atoms with Crippen LogP contribution in [0, 0.1) is 6.92 Å². The van der Waals surface area contributed by atoms with Gasteiger partial charge in [-0.05, 0) is 25.3 Å². The normalized spacial score (nSPS) is 12.0. The van der Waals surface area contributed by atoms with Crippen molar-refractivity contribution in [2.45, 2.75) is 26.3 Å². The van der Waals surface area contributed by atoms with E-state index in [2.05, 4.69) is 0 Å². The molecule has 0 saturated heterocycles. The Bertz CT molecular complexity index is 471. The van der Waals surface area contributed by atoms with Gasteiger partial charge in [-0.2, -0.15) is 0 Å². The van der Waals surface area contributed by atoms with Gasteiger partial charge >= 0.3 is 0 Å². The highest BCUT2D eigenvalue weighted by Crippen LogP contribution is 2.10. The molecule has 0 saturated carbocycles. The quantitative estimate of drug-likeness (QED) is 0.765. The Labute approximate surface area is 109 Å². The smallest absolute Gasteiger partial charge is 0.214 e. The van der Waals surface area contributed by atoms with Gasteiger partial charge in [0.15, 0.2) is 0 Å². The molecule has 0 amide bonds. The van der Waals surface area contributed by atoms with E-state index in [0.29, 0.717) is 19.4 Å². The van der Waals surface area contributed by atoms with Crippen LogP contribution in [0.5, 0.6) is 0 Å². The van der Waals surface area contributed by atoms with Gasteiger partial charge in [-0.3, -0.25) is 0 Å². The average molecular weight is 271 g/mol. The molecule has 0 atom stereocenters. The maximum absolute atomic E-state index is 11.9. The number of aliphatic hydroxyl groups excluding tert-OH is 1. The first-order valence-electron chi connectivity index (χ1n) is 6.06. The molecule has 1 rings (SSSR count). The van der Waals surface area contributed by atoms with E-state index in [4.69, 9.17) is 5.11 Å². The lowest BCUT2D eigenvalue weighted by molar-refractivity contribution is 0.287. The SMILES string of the molecule is Cc1cccc(CN(C)S(=O)(=O)CCCCO)c1. The van der Waals surface area contributed by atoms with Gasteiger partial charge in [-0.25, -0.2) is 12.7 Å². The molecular weight excluding hydrogens is 250 g/mol. The van der Waals surface area contributed by atoms with Crippen molar-refractivity contribution < 1.29 is 13.5 Å². The lowest BCUT2D eigenvalue weighted by Crippen LogP contribution is -2.28. The van der Waals surface area contributed by atoms with Crippen LogP contribution in [0.1, 0.15) is 24.0 Å². The fourth-order valence-corrected chi connectivity index (χ4v) is 2.94. The molecule has 0 bridgehead atoms. The van der Waals surface area contributed by atoms with Crippen LogP contribution in [-0.4, -0.2) is 37.2 Å². The van der Waals surface area contributed by atoms with Crippen molar-refractivity contribution in [1.29, 1.82) is 0 Å². The minimum atomic E-state index is -3.22. The van der Waals surface area contributed by atoms with Crippen molar-refractivity contribution in [1.82, 2.24) is 4.31 Å². The number of nitrogens with zero attached hydrogens (tertiary/aromatic N) is 1. The summed E-state index contributed by atoms with van der Waals surface area (Å²) in [5.41, 5.74) is 2.11. The number of unbranched alkanes of at least 4 members (excludes halogenated alkanes) is 1. The van der Waals surface area contributed by atoms with Crippen LogP contribution in [0.15, 0.2) is 24.3 Å². The van der Waals surface area contributed by atoms with E-state index in [1.54, 1.807) is 7.05 Å². The maximum Gasteiger partial charge on any atom is 0.214 e. The minimum absolute atomic E-state index is 0.0388. The number of aliphatic hydroxyl groups is 1. The molecule has 0 aromatic heterocycles. The molecule has 0 spiro atoms. The molecule has 18 heavy (non-hydrogen) atoms. The standard InChI is InChI=1S/C13H21NO3S/c1-12-6-5-7-13(10-12)11-14(2)18(16,17)9-4-3-8-15/h5-7,10,15H,3-4,8-9,11H2,1-2H3. The Morgan fingerprint density at radius 1 is 1.28 bits per heavy atom. The summed E-state index contributed by atoms with van der Waals surface area (Å²) in [6, 6.07) is 7.82. The van der Waals surface area contributed by atoms with Crippen LogP contribution in [0.3, 0.4) is 0 Å². The van der Waals surface area contributed by atoms with Crippen LogP contribution in [-0.2, 0) is 16.6 Å². The van der Waals surface area contributed by atoms with E-state index in [-0.39, 0.29) is 12.4 Å². The van der Waals surface area contributed by atoms with Crippen LogP contribution in [0.25, 0.3) is 0 Å². The molecule has 1 N–H and O–H groups in total. The monoisotopic (exact) mass is 271 g/mol. The zero-order valence-electron chi connectivity index (χ0n) is 11.0.